The molecule has 102 valence electrons. The zero-order chi connectivity index (χ0) is 14.5. The Labute approximate surface area is 112 Å². The molecule has 0 aliphatic carbocycles. The van der Waals surface area contributed by atoms with E-state index in [1.807, 2.05) is 5.32 Å². The summed E-state index contributed by atoms with van der Waals surface area (Å²) in [6, 6.07) is 7.26. The second kappa shape index (κ2) is 5.87. The largest absolute Gasteiger partial charge is 0.315 e. The third kappa shape index (κ3) is 3.35. The van der Waals surface area contributed by atoms with Gasteiger partial charge in [-0.25, -0.2) is 13.8 Å². The number of carbonyl (C=O) groups is 2. The van der Waals surface area contributed by atoms with Gasteiger partial charge in [-0.2, -0.15) is 0 Å². The molecule has 5 nitrogen and oxygen atoms in total. The molecule has 0 unspecified atom stereocenters. The second-order valence-corrected chi connectivity index (χ2v) is 3.75. The first-order valence-corrected chi connectivity index (χ1v) is 5.54. The summed E-state index contributed by atoms with van der Waals surface area (Å²) in [4.78, 5) is 26.9. The van der Waals surface area contributed by atoms with Crippen LogP contribution in [-0.2, 0) is 9.59 Å². The SMILES string of the molecule is O=C(Nc1ccccn1)C(=O)Nc1cc(F)ccc1F. The van der Waals surface area contributed by atoms with Crippen LogP contribution >= 0.6 is 0 Å². The van der Waals surface area contributed by atoms with Gasteiger partial charge in [-0.05, 0) is 24.3 Å². The molecule has 0 saturated carbocycles. The minimum Gasteiger partial charge on any atom is -0.315 e. The summed E-state index contributed by atoms with van der Waals surface area (Å²) in [5.74, 6) is -3.56. The number of halogens is 2. The number of rotatable bonds is 2. The molecule has 0 saturated heterocycles. The van der Waals surface area contributed by atoms with Crippen LogP contribution in [0.5, 0.6) is 0 Å². The van der Waals surface area contributed by atoms with Gasteiger partial charge in [-0.15, -0.1) is 0 Å². The third-order valence-electron chi connectivity index (χ3n) is 2.29. The lowest BCUT2D eigenvalue weighted by molar-refractivity contribution is -0.133. The van der Waals surface area contributed by atoms with Gasteiger partial charge in [0.05, 0.1) is 5.69 Å². The Morgan fingerprint density at radius 1 is 1.00 bits per heavy atom. The third-order valence-corrected chi connectivity index (χ3v) is 2.29. The minimum absolute atomic E-state index is 0.173. The van der Waals surface area contributed by atoms with E-state index in [1.165, 1.54) is 12.3 Å². The fraction of sp³-hybridized carbons (Fsp3) is 0. The highest BCUT2D eigenvalue weighted by Crippen LogP contribution is 2.15. The number of hydrogen-bond acceptors (Lipinski definition) is 3. The number of benzene rings is 1. The van der Waals surface area contributed by atoms with Gasteiger partial charge < -0.3 is 10.6 Å². The number of aromatic nitrogens is 1. The van der Waals surface area contributed by atoms with Crippen molar-refractivity contribution >= 4 is 23.3 Å². The van der Waals surface area contributed by atoms with Crippen molar-refractivity contribution in [2.24, 2.45) is 0 Å². The minimum atomic E-state index is -1.12. The lowest BCUT2D eigenvalue weighted by Crippen LogP contribution is -2.29. The van der Waals surface area contributed by atoms with Gasteiger partial charge in [0.25, 0.3) is 0 Å². The maximum absolute atomic E-state index is 13.3. The van der Waals surface area contributed by atoms with Gasteiger partial charge in [0.1, 0.15) is 17.5 Å². The van der Waals surface area contributed by atoms with Gasteiger partial charge >= 0.3 is 11.8 Å². The Balaban J connectivity index is 2.04. The molecule has 0 bridgehead atoms. The summed E-state index contributed by atoms with van der Waals surface area (Å²) in [5, 5.41) is 4.20. The molecule has 0 fully saturated rings. The number of nitrogens with one attached hydrogen (secondary N) is 2. The molecule has 0 aliphatic rings. The average molecular weight is 277 g/mol. The van der Waals surface area contributed by atoms with Gasteiger partial charge in [-0.1, -0.05) is 6.07 Å². The van der Waals surface area contributed by atoms with Crippen LogP contribution in [0.3, 0.4) is 0 Å². The molecule has 1 heterocycles. The fourth-order valence-electron chi connectivity index (χ4n) is 1.38. The quantitative estimate of drug-likeness (QED) is 0.824. The van der Waals surface area contributed by atoms with Crippen molar-refractivity contribution in [3.8, 4) is 0 Å². The monoisotopic (exact) mass is 277 g/mol. The maximum Gasteiger partial charge on any atom is 0.315 e. The van der Waals surface area contributed by atoms with Crippen LogP contribution in [-0.4, -0.2) is 16.8 Å². The summed E-state index contributed by atoms with van der Waals surface area (Å²) >= 11 is 0. The first kappa shape index (κ1) is 13.6. The zero-order valence-corrected chi connectivity index (χ0v) is 10.1. The molecule has 20 heavy (non-hydrogen) atoms. The fourth-order valence-corrected chi connectivity index (χ4v) is 1.38. The second-order valence-electron chi connectivity index (χ2n) is 3.75. The number of carbonyl (C=O) groups excluding carboxylic acids is 2. The van der Waals surface area contributed by atoms with Crippen LogP contribution in [0.25, 0.3) is 0 Å². The first-order valence-electron chi connectivity index (χ1n) is 5.54. The predicted octanol–water partition coefficient (Wildman–Crippen LogP) is 1.94. The summed E-state index contributed by atoms with van der Waals surface area (Å²) in [5.41, 5.74) is -0.411. The van der Waals surface area contributed by atoms with Crippen molar-refractivity contribution in [1.29, 1.82) is 0 Å². The summed E-state index contributed by atoms with van der Waals surface area (Å²) in [6.45, 7) is 0. The van der Waals surface area contributed by atoms with Gasteiger partial charge in [0, 0.05) is 12.3 Å². The van der Waals surface area contributed by atoms with Gasteiger partial charge in [0.2, 0.25) is 0 Å². The van der Waals surface area contributed by atoms with Crippen LogP contribution in [0.2, 0.25) is 0 Å². The molecular formula is C13H9F2N3O2. The summed E-state index contributed by atoms with van der Waals surface area (Å²) in [7, 11) is 0. The summed E-state index contributed by atoms with van der Waals surface area (Å²) in [6.07, 6.45) is 1.43. The van der Waals surface area contributed by atoms with E-state index >= 15 is 0 Å². The van der Waals surface area contributed by atoms with E-state index in [4.69, 9.17) is 0 Å². The molecule has 7 heteroatoms. The van der Waals surface area contributed by atoms with Crippen molar-refractivity contribution in [2.45, 2.75) is 0 Å². The first-order chi connectivity index (χ1) is 9.56. The van der Waals surface area contributed by atoms with Crippen molar-refractivity contribution in [3.05, 3.63) is 54.2 Å². The molecule has 2 aromatic rings. The number of nitrogens with zero attached hydrogens (tertiary/aromatic N) is 1. The molecular weight excluding hydrogens is 268 g/mol. The van der Waals surface area contributed by atoms with Crippen LogP contribution in [0.4, 0.5) is 20.3 Å². The molecule has 2 N–H and O–H groups in total. The topological polar surface area (TPSA) is 71.1 Å². The number of anilines is 2. The van der Waals surface area contributed by atoms with E-state index in [0.717, 1.165) is 18.2 Å². The maximum atomic E-state index is 13.3. The van der Waals surface area contributed by atoms with E-state index in [1.54, 1.807) is 12.1 Å². The van der Waals surface area contributed by atoms with E-state index in [-0.39, 0.29) is 5.82 Å². The number of pyridine rings is 1. The highest BCUT2D eigenvalue weighted by Gasteiger charge is 2.16. The zero-order valence-electron chi connectivity index (χ0n) is 10.1. The van der Waals surface area contributed by atoms with Crippen LogP contribution in [0.1, 0.15) is 0 Å². The Kier molecular flexibility index (Phi) is 3.99. The van der Waals surface area contributed by atoms with E-state index < -0.39 is 29.1 Å². The average Bonchev–Trinajstić information content (AvgIpc) is 2.44. The van der Waals surface area contributed by atoms with Crippen molar-refractivity contribution in [3.63, 3.8) is 0 Å². The van der Waals surface area contributed by atoms with Crippen LogP contribution < -0.4 is 10.6 Å². The Bertz CT molecular complexity index is 647. The number of amides is 2. The summed E-state index contributed by atoms with van der Waals surface area (Å²) < 4.78 is 26.2. The highest BCUT2D eigenvalue weighted by atomic mass is 19.1. The Morgan fingerprint density at radius 3 is 2.45 bits per heavy atom. The van der Waals surface area contributed by atoms with E-state index in [0.29, 0.717) is 0 Å². The highest BCUT2D eigenvalue weighted by molar-refractivity contribution is 6.43. The molecule has 2 rings (SSSR count). The lowest BCUT2D eigenvalue weighted by atomic mass is 10.3. The smallest absolute Gasteiger partial charge is 0.315 e. The van der Waals surface area contributed by atoms with Crippen molar-refractivity contribution < 1.29 is 18.4 Å². The molecule has 0 radical (unpaired) electrons. The standard InChI is InChI=1S/C13H9F2N3O2/c14-8-4-5-9(15)10(7-8)17-12(19)13(20)18-11-3-1-2-6-16-11/h1-7H,(H,17,19)(H,16,18,20). The van der Waals surface area contributed by atoms with Gasteiger partial charge in [0.15, 0.2) is 0 Å². The normalized spacial score (nSPS) is 9.90. The van der Waals surface area contributed by atoms with Crippen molar-refractivity contribution in [1.82, 2.24) is 4.98 Å². The molecule has 1 aromatic carbocycles. The lowest BCUT2D eigenvalue weighted by Gasteiger charge is -2.06. The predicted molar refractivity (Wildman–Crippen MR) is 67.9 cm³/mol. The van der Waals surface area contributed by atoms with Crippen LogP contribution in [0, 0.1) is 11.6 Å². The Hall–Kier alpha value is -2.83. The van der Waals surface area contributed by atoms with E-state index in [2.05, 4.69) is 10.3 Å². The number of hydrogen-bond donors (Lipinski definition) is 2. The molecule has 0 aliphatic heterocycles. The van der Waals surface area contributed by atoms with Gasteiger partial charge in [-0.3, -0.25) is 9.59 Å². The van der Waals surface area contributed by atoms with Crippen molar-refractivity contribution in [2.75, 3.05) is 10.6 Å². The molecule has 0 atom stereocenters. The van der Waals surface area contributed by atoms with E-state index in [9.17, 15) is 18.4 Å². The molecule has 1 aromatic heterocycles. The molecule has 2 amide bonds. The molecule has 0 spiro atoms. The Morgan fingerprint density at radius 2 is 1.75 bits per heavy atom. The van der Waals surface area contributed by atoms with Crippen LogP contribution in [0.15, 0.2) is 42.6 Å².